The van der Waals surface area contributed by atoms with E-state index >= 15 is 0 Å². The fourth-order valence-corrected chi connectivity index (χ4v) is 3.71. The molecule has 7 nitrogen and oxygen atoms in total. The molecule has 2 heterocycles. The molecule has 4 aromatic rings. The number of nitrogens with two attached hydrogens (primary N) is 1. The van der Waals surface area contributed by atoms with Crippen molar-refractivity contribution < 1.29 is 4.74 Å². The van der Waals surface area contributed by atoms with Crippen LogP contribution in [0.5, 0.6) is 5.75 Å². The lowest BCUT2D eigenvalue weighted by Crippen LogP contribution is -2.04. The molecular formula is C23H24N6O. The SMILES string of the molecule is CCOc1cc2nc(CC)c(C#N)c(Nc3ccc4c(cnn4CC)c3)c2cc1N. The second-order valence-electron chi connectivity index (χ2n) is 6.97. The van der Waals surface area contributed by atoms with Gasteiger partial charge in [0.2, 0.25) is 0 Å². The Hall–Kier alpha value is -3.79. The second kappa shape index (κ2) is 7.91. The van der Waals surface area contributed by atoms with E-state index in [0.717, 1.165) is 39.7 Å². The van der Waals surface area contributed by atoms with Crippen LogP contribution in [0, 0.1) is 11.3 Å². The molecule has 0 aliphatic carbocycles. The summed E-state index contributed by atoms with van der Waals surface area (Å²) >= 11 is 0. The molecule has 2 aromatic heterocycles. The number of hydrogen-bond donors (Lipinski definition) is 2. The van der Waals surface area contributed by atoms with Gasteiger partial charge in [0.1, 0.15) is 11.8 Å². The van der Waals surface area contributed by atoms with Crippen LogP contribution in [-0.2, 0) is 13.0 Å². The first kappa shape index (κ1) is 19.5. The summed E-state index contributed by atoms with van der Waals surface area (Å²) in [6, 6.07) is 12.0. The van der Waals surface area contributed by atoms with Crippen LogP contribution in [0.2, 0.25) is 0 Å². The Kier molecular flexibility index (Phi) is 5.15. The van der Waals surface area contributed by atoms with Crippen molar-refractivity contribution in [2.24, 2.45) is 0 Å². The van der Waals surface area contributed by atoms with Gasteiger partial charge in [-0.2, -0.15) is 10.4 Å². The third kappa shape index (κ3) is 3.26. The molecule has 0 aliphatic rings. The van der Waals surface area contributed by atoms with Crippen molar-refractivity contribution in [2.45, 2.75) is 33.7 Å². The number of nitrogens with one attached hydrogen (secondary N) is 1. The van der Waals surface area contributed by atoms with Crippen molar-refractivity contribution in [3.8, 4) is 11.8 Å². The van der Waals surface area contributed by atoms with Crippen molar-refractivity contribution in [1.29, 1.82) is 5.26 Å². The summed E-state index contributed by atoms with van der Waals surface area (Å²) in [6.07, 6.45) is 2.49. The summed E-state index contributed by atoms with van der Waals surface area (Å²) in [4.78, 5) is 4.70. The number of aryl methyl sites for hydroxylation is 2. The number of nitrogens with zero attached hydrogens (tertiary/aromatic N) is 4. The largest absolute Gasteiger partial charge is 0.492 e. The van der Waals surface area contributed by atoms with E-state index in [2.05, 4.69) is 23.4 Å². The number of rotatable bonds is 6. The Morgan fingerprint density at radius 1 is 1.20 bits per heavy atom. The smallest absolute Gasteiger partial charge is 0.144 e. The highest BCUT2D eigenvalue weighted by molar-refractivity contribution is 6.00. The molecule has 30 heavy (non-hydrogen) atoms. The van der Waals surface area contributed by atoms with Gasteiger partial charge in [0.25, 0.3) is 0 Å². The van der Waals surface area contributed by atoms with Crippen molar-refractivity contribution >= 4 is 38.9 Å². The third-order valence-corrected chi connectivity index (χ3v) is 5.15. The van der Waals surface area contributed by atoms with Gasteiger partial charge in [0.15, 0.2) is 0 Å². The van der Waals surface area contributed by atoms with Crippen molar-refractivity contribution in [2.75, 3.05) is 17.7 Å². The molecule has 3 N–H and O–H groups in total. The molecule has 152 valence electrons. The van der Waals surface area contributed by atoms with E-state index in [1.54, 1.807) is 0 Å². The van der Waals surface area contributed by atoms with Crippen LogP contribution < -0.4 is 15.8 Å². The van der Waals surface area contributed by atoms with Gasteiger partial charge in [0.05, 0.1) is 46.5 Å². The molecule has 0 bridgehead atoms. The zero-order valence-corrected chi connectivity index (χ0v) is 17.4. The number of fused-ring (bicyclic) bond motifs is 2. The number of aromatic nitrogens is 3. The molecule has 0 saturated carbocycles. The molecule has 0 saturated heterocycles. The monoisotopic (exact) mass is 400 g/mol. The van der Waals surface area contributed by atoms with E-state index in [4.69, 9.17) is 15.5 Å². The van der Waals surface area contributed by atoms with E-state index < -0.39 is 0 Å². The summed E-state index contributed by atoms with van der Waals surface area (Å²) in [5.74, 6) is 0.601. The van der Waals surface area contributed by atoms with Gasteiger partial charge in [0, 0.05) is 29.1 Å². The van der Waals surface area contributed by atoms with E-state index in [9.17, 15) is 5.26 Å². The van der Waals surface area contributed by atoms with Gasteiger partial charge in [-0.05, 0) is 44.5 Å². The van der Waals surface area contributed by atoms with Gasteiger partial charge in [-0.25, -0.2) is 0 Å². The molecule has 0 spiro atoms. The Bertz CT molecular complexity index is 1280. The zero-order chi connectivity index (χ0) is 21.3. The first-order valence-corrected chi connectivity index (χ1v) is 10.1. The van der Waals surface area contributed by atoms with E-state index in [0.29, 0.717) is 35.7 Å². The molecule has 0 aliphatic heterocycles. The zero-order valence-electron chi connectivity index (χ0n) is 17.4. The fourth-order valence-electron chi connectivity index (χ4n) is 3.71. The molecule has 7 heteroatoms. The minimum Gasteiger partial charge on any atom is -0.492 e. The summed E-state index contributed by atoms with van der Waals surface area (Å²) in [6.45, 7) is 7.30. The standard InChI is InChI=1S/C23H24N6O/c1-4-19-17(12-24)23(16-10-18(25)22(30-6-3)11-20(16)28-19)27-15-7-8-21-14(9-15)13-26-29(21)5-2/h7-11,13H,4-6,25H2,1-3H3,(H,27,28). The van der Waals surface area contributed by atoms with Gasteiger partial charge in [-0.3, -0.25) is 9.67 Å². The van der Waals surface area contributed by atoms with Crippen molar-refractivity contribution in [3.63, 3.8) is 0 Å². The topological polar surface area (TPSA) is 102 Å². The number of nitrogen functional groups attached to an aromatic ring is 1. The highest BCUT2D eigenvalue weighted by atomic mass is 16.5. The normalized spacial score (nSPS) is 11.0. The Morgan fingerprint density at radius 3 is 2.73 bits per heavy atom. The van der Waals surface area contributed by atoms with E-state index in [1.807, 2.05) is 55.1 Å². The van der Waals surface area contributed by atoms with E-state index in [-0.39, 0.29) is 0 Å². The lowest BCUT2D eigenvalue weighted by Gasteiger charge is -2.16. The molecule has 0 amide bonds. The van der Waals surface area contributed by atoms with E-state index in [1.165, 1.54) is 0 Å². The number of anilines is 3. The van der Waals surface area contributed by atoms with Crippen molar-refractivity contribution in [3.05, 3.63) is 47.8 Å². The lowest BCUT2D eigenvalue weighted by atomic mass is 10.0. The molecule has 0 radical (unpaired) electrons. The van der Waals surface area contributed by atoms with Gasteiger partial charge in [-0.1, -0.05) is 6.92 Å². The van der Waals surface area contributed by atoms with Gasteiger partial charge >= 0.3 is 0 Å². The predicted molar refractivity (Wildman–Crippen MR) is 120 cm³/mol. The Balaban J connectivity index is 1.89. The minimum absolute atomic E-state index is 0.516. The fraction of sp³-hybridized carbons (Fsp3) is 0.261. The van der Waals surface area contributed by atoms with Crippen LogP contribution in [0.1, 0.15) is 32.0 Å². The first-order valence-electron chi connectivity index (χ1n) is 10.1. The van der Waals surface area contributed by atoms with Crippen LogP contribution in [0.4, 0.5) is 17.1 Å². The number of nitriles is 1. The highest BCUT2D eigenvalue weighted by Gasteiger charge is 2.17. The van der Waals surface area contributed by atoms with Crippen molar-refractivity contribution in [1.82, 2.24) is 14.8 Å². The molecule has 0 fully saturated rings. The second-order valence-corrected chi connectivity index (χ2v) is 6.97. The summed E-state index contributed by atoms with van der Waals surface area (Å²) in [7, 11) is 0. The van der Waals surface area contributed by atoms with Crippen LogP contribution in [-0.4, -0.2) is 21.4 Å². The summed E-state index contributed by atoms with van der Waals surface area (Å²) < 4.78 is 7.59. The average molecular weight is 400 g/mol. The highest BCUT2D eigenvalue weighted by Crippen LogP contribution is 2.36. The first-order chi connectivity index (χ1) is 14.6. The Labute approximate surface area is 175 Å². The third-order valence-electron chi connectivity index (χ3n) is 5.15. The molecule has 0 atom stereocenters. The number of benzene rings is 2. The average Bonchev–Trinajstić information content (AvgIpc) is 3.17. The quantitative estimate of drug-likeness (QED) is 0.452. The molecular weight excluding hydrogens is 376 g/mol. The number of hydrogen-bond acceptors (Lipinski definition) is 6. The maximum atomic E-state index is 9.88. The number of ether oxygens (including phenoxy) is 1. The van der Waals surface area contributed by atoms with Crippen LogP contribution in [0.3, 0.4) is 0 Å². The predicted octanol–water partition coefficient (Wildman–Crippen LogP) is 4.76. The minimum atomic E-state index is 0.516. The molecule has 2 aromatic carbocycles. The molecule has 4 rings (SSSR count). The summed E-state index contributed by atoms with van der Waals surface area (Å²) in [5.41, 5.74) is 11.4. The summed E-state index contributed by atoms with van der Waals surface area (Å²) in [5, 5.41) is 19.6. The Morgan fingerprint density at radius 2 is 2.03 bits per heavy atom. The molecule has 0 unspecified atom stereocenters. The van der Waals surface area contributed by atoms with Gasteiger partial charge in [-0.15, -0.1) is 0 Å². The lowest BCUT2D eigenvalue weighted by molar-refractivity contribution is 0.342. The van der Waals surface area contributed by atoms with Crippen LogP contribution >= 0.6 is 0 Å². The number of pyridine rings is 1. The maximum Gasteiger partial charge on any atom is 0.144 e. The maximum absolute atomic E-state index is 9.88. The van der Waals surface area contributed by atoms with Crippen LogP contribution in [0.25, 0.3) is 21.8 Å². The van der Waals surface area contributed by atoms with Gasteiger partial charge < -0.3 is 15.8 Å². The van der Waals surface area contributed by atoms with Crippen LogP contribution in [0.15, 0.2) is 36.5 Å².